The second kappa shape index (κ2) is 5.85. The SMILES string of the molecule is C#CCOc1ccc(-c2cc(=O)c3c(O)cc(F)cc3o2)cc1. The van der Waals surface area contributed by atoms with Gasteiger partial charge in [0, 0.05) is 23.8 Å². The topological polar surface area (TPSA) is 59.7 Å². The molecule has 2 aromatic carbocycles. The van der Waals surface area contributed by atoms with Gasteiger partial charge in [-0.2, -0.15) is 0 Å². The van der Waals surface area contributed by atoms with Gasteiger partial charge in [0.05, 0.1) is 0 Å². The van der Waals surface area contributed by atoms with Crippen LogP contribution in [0.15, 0.2) is 51.7 Å². The van der Waals surface area contributed by atoms with Crippen LogP contribution in [0.5, 0.6) is 11.5 Å². The molecule has 0 atom stereocenters. The molecule has 0 aliphatic carbocycles. The molecule has 0 saturated carbocycles. The number of halogens is 1. The minimum absolute atomic E-state index is 0.0161. The predicted molar refractivity (Wildman–Crippen MR) is 83.9 cm³/mol. The molecule has 0 radical (unpaired) electrons. The molecule has 0 spiro atoms. The van der Waals surface area contributed by atoms with Crippen molar-refractivity contribution in [1.82, 2.24) is 0 Å². The Morgan fingerprint density at radius 2 is 1.96 bits per heavy atom. The summed E-state index contributed by atoms with van der Waals surface area (Å²) in [6, 6.07) is 9.92. The molecular formula is C18H11FO4. The second-order valence-electron chi connectivity index (χ2n) is 4.79. The molecule has 0 aliphatic heterocycles. The summed E-state index contributed by atoms with van der Waals surface area (Å²) < 4.78 is 24.2. The van der Waals surface area contributed by atoms with E-state index in [4.69, 9.17) is 15.6 Å². The zero-order chi connectivity index (χ0) is 16.4. The molecular weight excluding hydrogens is 299 g/mol. The number of aromatic hydroxyl groups is 1. The van der Waals surface area contributed by atoms with Gasteiger partial charge in [-0.25, -0.2) is 4.39 Å². The molecule has 0 fully saturated rings. The van der Waals surface area contributed by atoms with E-state index in [2.05, 4.69) is 5.92 Å². The lowest BCUT2D eigenvalue weighted by Crippen LogP contribution is -2.01. The summed E-state index contributed by atoms with van der Waals surface area (Å²) in [5, 5.41) is 9.63. The molecule has 23 heavy (non-hydrogen) atoms. The molecule has 5 heteroatoms. The normalized spacial score (nSPS) is 10.4. The Morgan fingerprint density at radius 3 is 2.65 bits per heavy atom. The first kappa shape index (κ1) is 14.7. The first-order chi connectivity index (χ1) is 11.1. The maximum Gasteiger partial charge on any atom is 0.197 e. The Morgan fingerprint density at radius 1 is 1.22 bits per heavy atom. The maximum atomic E-state index is 13.4. The number of fused-ring (bicyclic) bond motifs is 1. The fraction of sp³-hybridized carbons (Fsp3) is 0.0556. The van der Waals surface area contributed by atoms with Gasteiger partial charge < -0.3 is 14.3 Å². The molecule has 1 N–H and O–H groups in total. The first-order valence-electron chi connectivity index (χ1n) is 6.71. The molecule has 0 amide bonds. The van der Waals surface area contributed by atoms with Crippen LogP contribution in [0.1, 0.15) is 0 Å². The van der Waals surface area contributed by atoms with Crippen LogP contribution in [0.2, 0.25) is 0 Å². The van der Waals surface area contributed by atoms with Crippen molar-refractivity contribution in [2.24, 2.45) is 0 Å². The van der Waals surface area contributed by atoms with Crippen molar-refractivity contribution in [3.63, 3.8) is 0 Å². The van der Waals surface area contributed by atoms with Crippen molar-refractivity contribution in [3.8, 4) is 35.2 Å². The highest BCUT2D eigenvalue weighted by Crippen LogP contribution is 2.28. The molecule has 0 aliphatic rings. The third-order valence-corrected chi connectivity index (χ3v) is 3.24. The Labute approximate surface area is 130 Å². The highest BCUT2D eigenvalue weighted by atomic mass is 19.1. The fourth-order valence-corrected chi connectivity index (χ4v) is 2.22. The van der Waals surface area contributed by atoms with E-state index in [1.54, 1.807) is 24.3 Å². The number of hydrogen-bond donors (Lipinski definition) is 1. The van der Waals surface area contributed by atoms with Crippen molar-refractivity contribution in [2.45, 2.75) is 0 Å². The highest BCUT2D eigenvalue weighted by Gasteiger charge is 2.12. The van der Waals surface area contributed by atoms with Gasteiger partial charge in [0.15, 0.2) is 5.43 Å². The zero-order valence-electron chi connectivity index (χ0n) is 11.9. The van der Waals surface area contributed by atoms with Gasteiger partial charge in [0.25, 0.3) is 0 Å². The van der Waals surface area contributed by atoms with Gasteiger partial charge in [0.1, 0.15) is 40.7 Å². The van der Waals surface area contributed by atoms with Crippen LogP contribution in [0, 0.1) is 18.2 Å². The van der Waals surface area contributed by atoms with Crippen molar-refractivity contribution in [3.05, 3.63) is 58.5 Å². The fourth-order valence-electron chi connectivity index (χ4n) is 2.22. The number of phenolic OH excluding ortho intramolecular Hbond substituents is 1. The van der Waals surface area contributed by atoms with Gasteiger partial charge >= 0.3 is 0 Å². The Hall–Kier alpha value is -3.26. The molecule has 1 heterocycles. The number of phenols is 1. The van der Waals surface area contributed by atoms with Gasteiger partial charge in [0.2, 0.25) is 0 Å². The van der Waals surface area contributed by atoms with E-state index in [0.717, 1.165) is 12.1 Å². The third kappa shape index (κ3) is 2.87. The largest absolute Gasteiger partial charge is 0.507 e. The minimum Gasteiger partial charge on any atom is -0.507 e. The summed E-state index contributed by atoms with van der Waals surface area (Å²) in [7, 11) is 0. The highest BCUT2D eigenvalue weighted by molar-refractivity contribution is 5.84. The summed E-state index contributed by atoms with van der Waals surface area (Å²) in [6.45, 7) is 0.156. The number of rotatable bonds is 3. The number of hydrogen-bond acceptors (Lipinski definition) is 4. The smallest absolute Gasteiger partial charge is 0.197 e. The van der Waals surface area contributed by atoms with Crippen molar-refractivity contribution >= 4 is 11.0 Å². The van der Waals surface area contributed by atoms with Crippen LogP contribution in [0.25, 0.3) is 22.3 Å². The summed E-state index contributed by atoms with van der Waals surface area (Å²) in [4.78, 5) is 12.1. The lowest BCUT2D eigenvalue weighted by molar-refractivity contribution is 0.370. The van der Waals surface area contributed by atoms with E-state index in [0.29, 0.717) is 11.3 Å². The Bertz CT molecular complexity index is 965. The average Bonchev–Trinajstić information content (AvgIpc) is 2.52. The quantitative estimate of drug-likeness (QED) is 0.754. The molecule has 3 aromatic rings. The molecule has 0 bridgehead atoms. The molecule has 114 valence electrons. The van der Waals surface area contributed by atoms with E-state index in [-0.39, 0.29) is 23.3 Å². The van der Waals surface area contributed by atoms with E-state index in [1.165, 1.54) is 6.07 Å². The van der Waals surface area contributed by atoms with Crippen LogP contribution in [0.4, 0.5) is 4.39 Å². The zero-order valence-corrected chi connectivity index (χ0v) is 11.9. The molecule has 0 saturated heterocycles. The van der Waals surface area contributed by atoms with Crippen LogP contribution < -0.4 is 10.2 Å². The molecule has 1 aromatic heterocycles. The lowest BCUT2D eigenvalue weighted by atomic mass is 10.1. The monoisotopic (exact) mass is 310 g/mol. The second-order valence-corrected chi connectivity index (χ2v) is 4.79. The van der Waals surface area contributed by atoms with Gasteiger partial charge in [-0.05, 0) is 24.3 Å². The van der Waals surface area contributed by atoms with Crippen molar-refractivity contribution in [2.75, 3.05) is 6.61 Å². The Kier molecular flexibility index (Phi) is 3.73. The first-order valence-corrected chi connectivity index (χ1v) is 6.71. The summed E-state index contributed by atoms with van der Waals surface area (Å²) in [5.74, 6) is 2.07. The molecule has 0 unspecified atom stereocenters. The third-order valence-electron chi connectivity index (χ3n) is 3.24. The van der Waals surface area contributed by atoms with E-state index < -0.39 is 17.0 Å². The number of terminal acetylenes is 1. The van der Waals surface area contributed by atoms with E-state index in [1.807, 2.05) is 0 Å². The van der Waals surface area contributed by atoms with Crippen LogP contribution in [-0.4, -0.2) is 11.7 Å². The number of benzene rings is 2. The molecule has 4 nitrogen and oxygen atoms in total. The average molecular weight is 310 g/mol. The van der Waals surface area contributed by atoms with Crippen molar-refractivity contribution < 1.29 is 18.7 Å². The van der Waals surface area contributed by atoms with Crippen LogP contribution >= 0.6 is 0 Å². The summed E-state index contributed by atoms with van der Waals surface area (Å²) in [6.07, 6.45) is 5.12. The Balaban J connectivity index is 2.07. The predicted octanol–water partition coefficient (Wildman–Crippen LogP) is 3.32. The number of ether oxygens (including phenoxy) is 1. The van der Waals surface area contributed by atoms with Gasteiger partial charge in [-0.15, -0.1) is 6.42 Å². The van der Waals surface area contributed by atoms with Crippen molar-refractivity contribution in [1.29, 1.82) is 0 Å². The lowest BCUT2D eigenvalue weighted by Gasteiger charge is -2.06. The minimum atomic E-state index is -0.687. The van der Waals surface area contributed by atoms with Crippen LogP contribution in [-0.2, 0) is 0 Å². The standard InChI is InChI=1S/C18H11FO4/c1-2-7-22-13-5-3-11(4-6-13)16-10-15(21)18-14(20)8-12(19)9-17(18)23-16/h1,3-6,8-10,20H,7H2. The van der Waals surface area contributed by atoms with E-state index in [9.17, 15) is 14.3 Å². The van der Waals surface area contributed by atoms with E-state index >= 15 is 0 Å². The summed E-state index contributed by atoms with van der Waals surface area (Å²) in [5.41, 5.74) is 0.143. The molecule has 3 rings (SSSR count). The maximum absolute atomic E-state index is 13.4. The summed E-state index contributed by atoms with van der Waals surface area (Å²) >= 11 is 0. The van der Waals surface area contributed by atoms with Crippen LogP contribution in [0.3, 0.4) is 0 Å². The van der Waals surface area contributed by atoms with Gasteiger partial charge in [-0.1, -0.05) is 5.92 Å². The van der Waals surface area contributed by atoms with Gasteiger partial charge in [-0.3, -0.25) is 4.79 Å².